The molecule has 2 aromatic rings. The van der Waals surface area contributed by atoms with Crippen molar-refractivity contribution in [2.75, 3.05) is 48.1 Å². The molecule has 0 fully saturated rings. The van der Waals surface area contributed by atoms with Crippen LogP contribution in [0, 0.1) is 0 Å². The molecule has 0 unspecified atom stereocenters. The lowest BCUT2D eigenvalue weighted by Crippen LogP contribution is -2.37. The van der Waals surface area contributed by atoms with Crippen LogP contribution < -0.4 is 24.8 Å². The molecule has 0 spiro atoms. The Kier molecular flexibility index (Phi) is 10.4. The second-order valence-electron chi connectivity index (χ2n) is 6.59. The molecule has 0 bridgehead atoms. The normalized spacial score (nSPS) is 11.1. The molecule has 164 valence electrons. The van der Waals surface area contributed by atoms with E-state index in [1.807, 2.05) is 18.2 Å². The monoisotopic (exact) mass is 415 g/mol. The minimum atomic E-state index is 0.573. The molecule has 7 heteroatoms. The highest BCUT2D eigenvalue weighted by atomic mass is 16.5. The maximum absolute atomic E-state index is 5.72. The molecule has 0 aliphatic rings. The molecule has 0 saturated heterocycles. The van der Waals surface area contributed by atoms with Gasteiger partial charge in [0.15, 0.2) is 17.5 Å². The van der Waals surface area contributed by atoms with Gasteiger partial charge in [0.2, 0.25) is 5.75 Å². The topological polar surface area (TPSA) is 73.3 Å². The lowest BCUT2D eigenvalue weighted by molar-refractivity contribution is 0.135. The van der Waals surface area contributed by atoms with E-state index >= 15 is 0 Å². The first-order chi connectivity index (χ1) is 14.7. The largest absolute Gasteiger partial charge is 0.493 e. The number of nitrogens with one attached hydrogen (secondary N) is 2. The standard InChI is InChI=1S/C23H33N3O4/c1-24-23(25-12-8-13-30-14-11-18-9-6-5-7-10-18)26-17-19-15-20(27-2)22(29-4)21(16-19)28-3/h5-7,9-10,15-16H,8,11-14,17H2,1-4H3,(H2,24,25,26). The van der Waals surface area contributed by atoms with E-state index < -0.39 is 0 Å². The zero-order chi connectivity index (χ0) is 21.6. The van der Waals surface area contributed by atoms with Gasteiger partial charge < -0.3 is 29.6 Å². The Hall–Kier alpha value is -2.93. The van der Waals surface area contributed by atoms with Crippen LogP contribution in [0.2, 0.25) is 0 Å². The second-order valence-corrected chi connectivity index (χ2v) is 6.59. The van der Waals surface area contributed by atoms with Crippen molar-refractivity contribution in [3.63, 3.8) is 0 Å². The van der Waals surface area contributed by atoms with E-state index in [9.17, 15) is 0 Å². The lowest BCUT2D eigenvalue weighted by atomic mass is 10.2. The van der Waals surface area contributed by atoms with Crippen LogP contribution in [-0.2, 0) is 17.7 Å². The van der Waals surface area contributed by atoms with Crippen molar-refractivity contribution in [2.45, 2.75) is 19.4 Å². The highest BCUT2D eigenvalue weighted by molar-refractivity contribution is 5.79. The quantitative estimate of drug-likeness (QED) is 0.315. The van der Waals surface area contributed by atoms with Gasteiger partial charge in [0.25, 0.3) is 0 Å². The van der Waals surface area contributed by atoms with Crippen molar-refractivity contribution in [2.24, 2.45) is 4.99 Å². The first-order valence-electron chi connectivity index (χ1n) is 10.1. The molecule has 0 atom stereocenters. The molecule has 0 saturated carbocycles. The number of hydrogen-bond donors (Lipinski definition) is 2. The molecule has 0 aliphatic carbocycles. The number of rotatable bonds is 12. The molecule has 0 radical (unpaired) electrons. The number of hydrogen-bond acceptors (Lipinski definition) is 5. The summed E-state index contributed by atoms with van der Waals surface area (Å²) in [5.74, 6) is 2.57. The zero-order valence-corrected chi connectivity index (χ0v) is 18.4. The van der Waals surface area contributed by atoms with Gasteiger partial charge in [-0.3, -0.25) is 4.99 Å². The van der Waals surface area contributed by atoms with Crippen LogP contribution in [0.1, 0.15) is 17.5 Å². The van der Waals surface area contributed by atoms with Gasteiger partial charge in [-0.15, -0.1) is 0 Å². The Morgan fingerprint density at radius 3 is 2.17 bits per heavy atom. The molecule has 0 aliphatic heterocycles. The molecule has 30 heavy (non-hydrogen) atoms. The number of benzene rings is 2. The van der Waals surface area contributed by atoms with E-state index in [4.69, 9.17) is 18.9 Å². The van der Waals surface area contributed by atoms with Gasteiger partial charge >= 0.3 is 0 Å². The fraction of sp³-hybridized carbons (Fsp3) is 0.435. The van der Waals surface area contributed by atoms with Crippen molar-refractivity contribution >= 4 is 5.96 Å². The van der Waals surface area contributed by atoms with Crippen LogP contribution in [0.5, 0.6) is 17.2 Å². The third-order valence-electron chi connectivity index (χ3n) is 4.54. The number of aliphatic imine (C=N–C) groups is 1. The average Bonchev–Trinajstić information content (AvgIpc) is 2.80. The Labute approximate surface area is 179 Å². The van der Waals surface area contributed by atoms with Gasteiger partial charge in [0.1, 0.15) is 0 Å². The summed E-state index contributed by atoms with van der Waals surface area (Å²) in [4.78, 5) is 4.26. The van der Waals surface area contributed by atoms with E-state index in [0.29, 0.717) is 30.4 Å². The Morgan fingerprint density at radius 1 is 0.867 bits per heavy atom. The van der Waals surface area contributed by atoms with Crippen LogP contribution in [0.4, 0.5) is 0 Å². The summed E-state index contributed by atoms with van der Waals surface area (Å²) in [6.07, 6.45) is 1.84. The summed E-state index contributed by atoms with van der Waals surface area (Å²) in [7, 11) is 6.56. The molecular formula is C23H33N3O4. The summed E-state index contributed by atoms with van der Waals surface area (Å²) < 4.78 is 21.9. The van der Waals surface area contributed by atoms with Crippen LogP contribution in [-0.4, -0.2) is 54.1 Å². The molecule has 0 heterocycles. The predicted octanol–water partition coefficient (Wildman–Crippen LogP) is 3.03. The van der Waals surface area contributed by atoms with Crippen LogP contribution >= 0.6 is 0 Å². The summed E-state index contributed by atoms with van der Waals surface area (Å²) in [5, 5.41) is 6.60. The van der Waals surface area contributed by atoms with Gasteiger partial charge in [-0.2, -0.15) is 0 Å². The maximum Gasteiger partial charge on any atom is 0.203 e. The van der Waals surface area contributed by atoms with E-state index in [1.165, 1.54) is 5.56 Å². The van der Waals surface area contributed by atoms with Gasteiger partial charge in [0, 0.05) is 26.7 Å². The molecule has 2 rings (SSSR count). The Morgan fingerprint density at radius 2 is 1.57 bits per heavy atom. The van der Waals surface area contributed by atoms with Gasteiger partial charge in [-0.25, -0.2) is 0 Å². The van der Waals surface area contributed by atoms with Crippen LogP contribution in [0.15, 0.2) is 47.5 Å². The number of guanidine groups is 1. The molecule has 0 aromatic heterocycles. The van der Waals surface area contributed by atoms with E-state index in [2.05, 4.69) is 39.9 Å². The average molecular weight is 416 g/mol. The molecule has 7 nitrogen and oxygen atoms in total. The van der Waals surface area contributed by atoms with Crippen molar-refractivity contribution in [1.29, 1.82) is 0 Å². The second kappa shape index (κ2) is 13.3. The van der Waals surface area contributed by atoms with Crippen molar-refractivity contribution in [3.8, 4) is 17.2 Å². The fourth-order valence-corrected chi connectivity index (χ4v) is 2.96. The first-order valence-corrected chi connectivity index (χ1v) is 10.1. The summed E-state index contributed by atoms with van der Waals surface area (Å²) in [6.45, 7) is 2.80. The van der Waals surface area contributed by atoms with Gasteiger partial charge in [-0.05, 0) is 36.1 Å². The highest BCUT2D eigenvalue weighted by Crippen LogP contribution is 2.38. The van der Waals surface area contributed by atoms with E-state index in [-0.39, 0.29) is 0 Å². The predicted molar refractivity (Wildman–Crippen MR) is 120 cm³/mol. The van der Waals surface area contributed by atoms with Crippen molar-refractivity contribution < 1.29 is 18.9 Å². The van der Waals surface area contributed by atoms with E-state index in [1.54, 1.807) is 28.4 Å². The lowest BCUT2D eigenvalue weighted by Gasteiger charge is -2.16. The third kappa shape index (κ3) is 7.48. The maximum atomic E-state index is 5.72. The van der Waals surface area contributed by atoms with Gasteiger partial charge in [-0.1, -0.05) is 30.3 Å². The van der Waals surface area contributed by atoms with E-state index in [0.717, 1.165) is 37.5 Å². The third-order valence-corrected chi connectivity index (χ3v) is 4.54. The molecular weight excluding hydrogens is 382 g/mol. The minimum Gasteiger partial charge on any atom is -0.493 e. The Bertz CT molecular complexity index is 756. The smallest absolute Gasteiger partial charge is 0.203 e. The number of methoxy groups -OCH3 is 3. The SMILES string of the molecule is CN=C(NCCCOCCc1ccccc1)NCc1cc(OC)c(OC)c(OC)c1. The molecule has 2 aromatic carbocycles. The highest BCUT2D eigenvalue weighted by Gasteiger charge is 2.13. The minimum absolute atomic E-state index is 0.573. The Balaban J connectivity index is 1.69. The first kappa shape index (κ1) is 23.3. The number of nitrogens with zero attached hydrogens (tertiary/aromatic N) is 1. The molecule has 2 N–H and O–H groups in total. The van der Waals surface area contributed by atoms with Crippen LogP contribution in [0.25, 0.3) is 0 Å². The summed E-state index contributed by atoms with van der Waals surface area (Å²) in [5.41, 5.74) is 2.30. The zero-order valence-electron chi connectivity index (χ0n) is 18.4. The summed E-state index contributed by atoms with van der Waals surface area (Å²) in [6, 6.07) is 14.2. The molecule has 0 amide bonds. The summed E-state index contributed by atoms with van der Waals surface area (Å²) >= 11 is 0. The van der Waals surface area contributed by atoms with Crippen molar-refractivity contribution in [3.05, 3.63) is 53.6 Å². The van der Waals surface area contributed by atoms with Crippen LogP contribution in [0.3, 0.4) is 0 Å². The number of ether oxygens (including phenoxy) is 4. The fourth-order valence-electron chi connectivity index (χ4n) is 2.96. The van der Waals surface area contributed by atoms with Gasteiger partial charge in [0.05, 0.1) is 27.9 Å². The van der Waals surface area contributed by atoms with Crippen molar-refractivity contribution in [1.82, 2.24) is 10.6 Å².